The van der Waals surface area contributed by atoms with Gasteiger partial charge in [-0.05, 0) is 81.3 Å². The van der Waals surface area contributed by atoms with Gasteiger partial charge >= 0.3 is 6.03 Å². The quantitative estimate of drug-likeness (QED) is 0.543. The number of methoxy groups -OCH3 is 1. The molecular weight excluding hydrogens is 476 g/mol. The third-order valence-electron chi connectivity index (χ3n) is 8.82. The molecule has 0 radical (unpaired) electrons. The topological polar surface area (TPSA) is 65.1 Å². The lowest BCUT2D eigenvalue weighted by Gasteiger charge is -2.38. The fourth-order valence-corrected chi connectivity index (χ4v) is 6.32. The van der Waals surface area contributed by atoms with Crippen molar-refractivity contribution in [3.63, 3.8) is 0 Å². The summed E-state index contributed by atoms with van der Waals surface area (Å²) in [4.78, 5) is 32.9. The van der Waals surface area contributed by atoms with Crippen LogP contribution in [-0.4, -0.2) is 73.0 Å². The molecule has 1 spiro atoms. The van der Waals surface area contributed by atoms with Gasteiger partial charge in [-0.1, -0.05) is 42.5 Å². The van der Waals surface area contributed by atoms with E-state index in [-0.39, 0.29) is 17.5 Å². The molecule has 2 aromatic rings. The van der Waals surface area contributed by atoms with Crippen LogP contribution in [0.4, 0.5) is 4.79 Å². The monoisotopic (exact) mass is 518 g/mol. The molecule has 204 valence electrons. The summed E-state index contributed by atoms with van der Waals surface area (Å²) in [6.45, 7) is 6.00. The van der Waals surface area contributed by atoms with Crippen molar-refractivity contribution in [2.24, 2.45) is 5.41 Å². The van der Waals surface area contributed by atoms with Crippen LogP contribution >= 0.6 is 0 Å². The van der Waals surface area contributed by atoms with Crippen LogP contribution in [0, 0.1) is 5.41 Å². The zero-order chi connectivity index (χ0) is 26.4. The lowest BCUT2D eigenvalue weighted by molar-refractivity contribution is -0.138. The largest absolute Gasteiger partial charge is 0.497 e. The molecule has 1 unspecified atom stereocenters. The lowest BCUT2D eigenvalue weighted by atomic mass is 9.77. The molecule has 3 aliphatic heterocycles. The molecule has 1 atom stereocenters. The van der Waals surface area contributed by atoms with Gasteiger partial charge in [0.05, 0.1) is 18.6 Å². The molecule has 7 nitrogen and oxygen atoms in total. The second kappa shape index (κ2) is 12.2. The highest BCUT2D eigenvalue weighted by Gasteiger charge is 2.47. The van der Waals surface area contributed by atoms with Gasteiger partial charge in [-0.3, -0.25) is 4.79 Å². The Morgan fingerprint density at radius 3 is 2.29 bits per heavy atom. The van der Waals surface area contributed by atoms with E-state index in [1.54, 1.807) is 7.11 Å². The molecule has 0 bridgehead atoms. The van der Waals surface area contributed by atoms with Crippen molar-refractivity contribution < 1.29 is 14.3 Å². The third-order valence-corrected chi connectivity index (χ3v) is 8.82. The van der Waals surface area contributed by atoms with Crippen molar-refractivity contribution >= 4 is 11.9 Å². The highest BCUT2D eigenvalue weighted by atomic mass is 16.5. The fraction of sp³-hybridized carbons (Fsp3) is 0.548. The number of carbonyl (C=O) groups is 2. The smallest absolute Gasteiger partial charge is 0.317 e. The zero-order valence-electron chi connectivity index (χ0n) is 22.7. The van der Waals surface area contributed by atoms with Crippen molar-refractivity contribution in [2.75, 3.05) is 46.4 Å². The maximum absolute atomic E-state index is 13.5. The van der Waals surface area contributed by atoms with Gasteiger partial charge in [0.2, 0.25) is 5.91 Å². The third kappa shape index (κ3) is 6.15. The summed E-state index contributed by atoms with van der Waals surface area (Å²) in [6, 6.07) is 18.4. The Balaban J connectivity index is 1.14. The van der Waals surface area contributed by atoms with Gasteiger partial charge < -0.3 is 24.8 Å². The zero-order valence-corrected chi connectivity index (χ0v) is 22.7. The summed E-state index contributed by atoms with van der Waals surface area (Å²) < 4.78 is 5.26. The first-order chi connectivity index (χ1) is 18.6. The van der Waals surface area contributed by atoms with E-state index in [0.717, 1.165) is 94.7 Å². The Hall–Kier alpha value is -3.06. The number of benzene rings is 2. The molecule has 7 heteroatoms. The Morgan fingerprint density at radius 2 is 1.61 bits per heavy atom. The first-order valence-electron chi connectivity index (χ1n) is 14.3. The van der Waals surface area contributed by atoms with Gasteiger partial charge in [-0.15, -0.1) is 0 Å². The first-order valence-corrected chi connectivity index (χ1v) is 14.3. The lowest BCUT2D eigenvalue weighted by Crippen LogP contribution is -2.46. The summed E-state index contributed by atoms with van der Waals surface area (Å²) in [6.07, 6.45) is 7.05. The average molecular weight is 519 g/mol. The van der Waals surface area contributed by atoms with Crippen molar-refractivity contribution in [3.05, 3.63) is 65.7 Å². The number of rotatable bonds is 8. The van der Waals surface area contributed by atoms with E-state index in [1.807, 2.05) is 52.3 Å². The van der Waals surface area contributed by atoms with Crippen LogP contribution in [0.1, 0.15) is 62.1 Å². The summed E-state index contributed by atoms with van der Waals surface area (Å²) in [5.41, 5.74) is 2.10. The van der Waals surface area contributed by atoms with E-state index in [0.29, 0.717) is 12.5 Å². The number of urea groups is 1. The van der Waals surface area contributed by atoms with Gasteiger partial charge in [0, 0.05) is 32.7 Å². The van der Waals surface area contributed by atoms with Crippen LogP contribution in [0.2, 0.25) is 0 Å². The van der Waals surface area contributed by atoms with Crippen molar-refractivity contribution in [2.45, 2.75) is 57.5 Å². The van der Waals surface area contributed by atoms with Crippen molar-refractivity contribution in [1.29, 1.82) is 0 Å². The summed E-state index contributed by atoms with van der Waals surface area (Å²) in [5, 5.41) is 3.33. The van der Waals surface area contributed by atoms with Gasteiger partial charge in [-0.25, -0.2) is 4.79 Å². The minimum absolute atomic E-state index is 0.00499. The van der Waals surface area contributed by atoms with E-state index in [9.17, 15) is 9.59 Å². The molecular formula is C31H42N4O3. The number of ether oxygens (including phenoxy) is 1. The summed E-state index contributed by atoms with van der Waals surface area (Å²) in [7, 11) is 1.67. The predicted octanol–water partition coefficient (Wildman–Crippen LogP) is 4.84. The van der Waals surface area contributed by atoms with Crippen LogP contribution in [0.3, 0.4) is 0 Å². The highest BCUT2D eigenvalue weighted by molar-refractivity contribution is 5.85. The predicted molar refractivity (Wildman–Crippen MR) is 149 cm³/mol. The van der Waals surface area contributed by atoms with Crippen LogP contribution in [-0.2, 0) is 11.3 Å². The van der Waals surface area contributed by atoms with E-state index in [2.05, 4.69) is 22.3 Å². The van der Waals surface area contributed by atoms with Crippen molar-refractivity contribution in [1.82, 2.24) is 20.0 Å². The van der Waals surface area contributed by atoms with Crippen LogP contribution < -0.4 is 10.1 Å². The first kappa shape index (κ1) is 26.5. The van der Waals surface area contributed by atoms with E-state index < -0.39 is 0 Å². The Bertz CT molecular complexity index is 1060. The molecule has 3 fully saturated rings. The second-order valence-electron chi connectivity index (χ2n) is 11.2. The molecule has 3 saturated heterocycles. The van der Waals surface area contributed by atoms with Gasteiger partial charge in [0.25, 0.3) is 0 Å². The summed E-state index contributed by atoms with van der Waals surface area (Å²) >= 11 is 0. The van der Waals surface area contributed by atoms with Crippen molar-refractivity contribution in [3.8, 4) is 5.75 Å². The second-order valence-corrected chi connectivity index (χ2v) is 11.2. The van der Waals surface area contributed by atoms with Gasteiger partial charge in [0.1, 0.15) is 5.75 Å². The number of piperidine rings is 2. The molecule has 0 aromatic heterocycles. The van der Waals surface area contributed by atoms with E-state index >= 15 is 0 Å². The Kier molecular flexibility index (Phi) is 8.52. The standard InChI is InChI=1S/C31H42N4O3/c1-38-27-12-10-25(11-13-27)24-35-23-17-31(29(35)36)15-21-33(22-16-31)20-14-28(26-8-4-2-5-9-26)32-30(37)34-18-6-3-7-19-34/h2,4-5,8-13,28H,3,6-7,14-24H2,1H3,(H,32,37). The number of carbonyl (C=O) groups excluding carboxylic acids is 2. The molecule has 3 aliphatic rings. The highest BCUT2D eigenvalue weighted by Crippen LogP contribution is 2.42. The maximum atomic E-state index is 13.5. The molecule has 0 aliphatic carbocycles. The number of hydrogen-bond donors (Lipinski definition) is 1. The molecule has 2 aromatic carbocycles. The molecule has 38 heavy (non-hydrogen) atoms. The summed E-state index contributed by atoms with van der Waals surface area (Å²) in [5.74, 6) is 1.16. The minimum atomic E-state index is -0.204. The number of amides is 3. The number of nitrogens with zero attached hydrogens (tertiary/aromatic N) is 3. The van der Waals surface area contributed by atoms with Crippen LogP contribution in [0.15, 0.2) is 54.6 Å². The fourth-order valence-electron chi connectivity index (χ4n) is 6.32. The molecule has 3 amide bonds. The number of likely N-dealkylation sites (tertiary alicyclic amines) is 3. The molecule has 0 saturated carbocycles. The van der Waals surface area contributed by atoms with Crippen LogP contribution in [0.25, 0.3) is 0 Å². The molecule has 1 N–H and O–H groups in total. The van der Waals surface area contributed by atoms with E-state index in [1.165, 1.54) is 6.42 Å². The SMILES string of the molecule is COc1ccc(CN2CCC3(CCN(CCC(NC(=O)N4CCCCC4)c4ccccc4)CC3)C2=O)cc1. The number of nitrogens with one attached hydrogen (secondary N) is 1. The maximum Gasteiger partial charge on any atom is 0.317 e. The number of hydrogen-bond acceptors (Lipinski definition) is 4. The Labute approximate surface area is 227 Å². The molecule has 5 rings (SSSR count). The normalized spacial score (nSPS) is 20.5. The van der Waals surface area contributed by atoms with E-state index in [4.69, 9.17) is 4.74 Å². The minimum Gasteiger partial charge on any atom is -0.497 e. The van der Waals surface area contributed by atoms with Gasteiger partial charge in [-0.2, -0.15) is 0 Å². The molecule has 3 heterocycles. The average Bonchev–Trinajstić information content (AvgIpc) is 3.27. The Morgan fingerprint density at radius 1 is 0.921 bits per heavy atom. The van der Waals surface area contributed by atoms with Gasteiger partial charge in [0.15, 0.2) is 0 Å². The van der Waals surface area contributed by atoms with Crippen LogP contribution in [0.5, 0.6) is 5.75 Å².